The van der Waals surface area contributed by atoms with Gasteiger partial charge in [0.25, 0.3) is 0 Å². The molecular formula is C27H42N8O2. The van der Waals surface area contributed by atoms with Crippen LogP contribution in [0.3, 0.4) is 0 Å². The van der Waals surface area contributed by atoms with Gasteiger partial charge in [-0.15, -0.1) is 0 Å². The Morgan fingerprint density at radius 2 is 1.89 bits per heavy atom. The number of aromatic nitrogens is 3. The summed E-state index contributed by atoms with van der Waals surface area (Å²) in [7, 11) is 3.93. The lowest BCUT2D eigenvalue weighted by molar-refractivity contribution is -0.145. The molecule has 5 rings (SSSR count). The van der Waals surface area contributed by atoms with Gasteiger partial charge in [-0.1, -0.05) is 26.2 Å². The molecule has 0 radical (unpaired) electrons. The van der Waals surface area contributed by atoms with Crippen LogP contribution in [0.25, 0.3) is 5.65 Å². The van der Waals surface area contributed by atoms with Crippen LogP contribution in [0.1, 0.15) is 76.4 Å². The van der Waals surface area contributed by atoms with Crippen LogP contribution in [0.4, 0.5) is 11.6 Å². The lowest BCUT2D eigenvalue weighted by Crippen LogP contribution is -2.50. The molecule has 1 aliphatic carbocycles. The summed E-state index contributed by atoms with van der Waals surface area (Å²) in [5.74, 6) is 1.95. The average Bonchev–Trinajstić information content (AvgIpc) is 3.53. The lowest BCUT2D eigenvalue weighted by Gasteiger charge is -2.40. The van der Waals surface area contributed by atoms with E-state index in [2.05, 4.69) is 28.1 Å². The van der Waals surface area contributed by atoms with Gasteiger partial charge in [0.1, 0.15) is 11.6 Å². The third-order valence-corrected chi connectivity index (χ3v) is 8.66. The summed E-state index contributed by atoms with van der Waals surface area (Å²) in [4.78, 5) is 38.1. The molecule has 3 aliphatic rings. The number of hydrogen-bond donors (Lipinski definition) is 2. The SMILES string of the molecule is CCC1c2cc3nc(N4CCC(N)C4)cc(n3n2)N(C)CCCC(=O)NCC2(CCCCC2)C(=O)N1C. The normalized spacial score (nSPS) is 25.6. The Kier molecular flexibility index (Phi) is 7.29. The standard InChI is InChI=1S/C27H42N8O2/c1-4-21-20-15-23-30-22(34-14-10-19(28)17-34)16-25(35(23)31-20)32(2)13-8-9-24(36)29-18-27(26(37)33(21)3)11-6-5-7-12-27/h15-16,19,21H,4-14,17-18,28H2,1-3H3,(H,29,36). The van der Waals surface area contributed by atoms with Gasteiger partial charge in [-0.3, -0.25) is 9.59 Å². The summed E-state index contributed by atoms with van der Waals surface area (Å²) in [5, 5.41) is 8.14. The highest BCUT2D eigenvalue weighted by Gasteiger charge is 2.43. The third-order valence-electron chi connectivity index (χ3n) is 8.66. The molecule has 2 aromatic rings. The van der Waals surface area contributed by atoms with Gasteiger partial charge in [-0.25, -0.2) is 4.98 Å². The Bertz CT molecular complexity index is 1140. The second kappa shape index (κ2) is 10.5. The molecule has 4 heterocycles. The van der Waals surface area contributed by atoms with Crippen LogP contribution < -0.4 is 20.9 Å². The fourth-order valence-electron chi connectivity index (χ4n) is 6.39. The molecule has 2 aliphatic heterocycles. The summed E-state index contributed by atoms with van der Waals surface area (Å²) < 4.78 is 1.89. The van der Waals surface area contributed by atoms with Crippen molar-refractivity contribution in [2.24, 2.45) is 11.1 Å². The van der Waals surface area contributed by atoms with Gasteiger partial charge in [0.05, 0.1) is 17.2 Å². The number of nitrogens with zero attached hydrogens (tertiary/aromatic N) is 6. The lowest BCUT2D eigenvalue weighted by atomic mass is 9.72. The van der Waals surface area contributed by atoms with Crippen molar-refractivity contribution >= 4 is 29.1 Å². The van der Waals surface area contributed by atoms with Crippen molar-refractivity contribution in [1.29, 1.82) is 0 Å². The molecular weight excluding hydrogens is 468 g/mol. The number of nitrogens with two attached hydrogens (primary N) is 1. The molecule has 2 fully saturated rings. The zero-order valence-corrected chi connectivity index (χ0v) is 22.6. The number of fused-ring (bicyclic) bond motifs is 1. The van der Waals surface area contributed by atoms with E-state index in [4.69, 9.17) is 15.8 Å². The summed E-state index contributed by atoms with van der Waals surface area (Å²) in [6, 6.07) is 4.10. The van der Waals surface area contributed by atoms with E-state index in [9.17, 15) is 9.59 Å². The molecule has 202 valence electrons. The predicted octanol–water partition coefficient (Wildman–Crippen LogP) is 2.47. The molecule has 1 spiro atoms. The zero-order valence-electron chi connectivity index (χ0n) is 22.6. The highest BCUT2D eigenvalue weighted by molar-refractivity contribution is 5.84. The fraction of sp³-hybridized carbons (Fsp3) is 0.704. The number of rotatable bonds is 2. The van der Waals surface area contributed by atoms with E-state index in [0.717, 1.165) is 81.0 Å². The summed E-state index contributed by atoms with van der Waals surface area (Å²) in [5.41, 5.74) is 7.27. The Labute approximate surface area is 219 Å². The van der Waals surface area contributed by atoms with Gasteiger partial charge in [0.2, 0.25) is 11.8 Å². The number of hydrogen-bond acceptors (Lipinski definition) is 7. The molecule has 2 atom stereocenters. The maximum absolute atomic E-state index is 14.1. The van der Waals surface area contributed by atoms with Crippen molar-refractivity contribution in [3.05, 3.63) is 17.8 Å². The van der Waals surface area contributed by atoms with Gasteiger partial charge in [-0.05, 0) is 32.1 Å². The first-order valence-corrected chi connectivity index (χ1v) is 14.0. The van der Waals surface area contributed by atoms with E-state index in [1.54, 1.807) is 0 Å². The van der Waals surface area contributed by atoms with Crippen molar-refractivity contribution in [3.8, 4) is 0 Å². The van der Waals surface area contributed by atoms with Gasteiger partial charge in [-0.2, -0.15) is 9.61 Å². The van der Waals surface area contributed by atoms with Gasteiger partial charge in [0.15, 0.2) is 5.65 Å². The van der Waals surface area contributed by atoms with Crippen molar-refractivity contribution < 1.29 is 9.59 Å². The Hall–Kier alpha value is -2.88. The highest BCUT2D eigenvalue weighted by atomic mass is 16.2. The largest absolute Gasteiger partial charge is 0.359 e. The van der Waals surface area contributed by atoms with Gasteiger partial charge in [0, 0.05) is 64.9 Å². The molecule has 10 nitrogen and oxygen atoms in total. The molecule has 10 heteroatoms. The van der Waals surface area contributed by atoms with Crippen LogP contribution in [-0.2, 0) is 9.59 Å². The number of anilines is 2. The Morgan fingerprint density at radius 1 is 1.11 bits per heavy atom. The van der Waals surface area contributed by atoms with E-state index >= 15 is 0 Å². The number of carbonyl (C=O) groups excluding carboxylic acids is 2. The van der Waals surface area contributed by atoms with Crippen LogP contribution in [0.15, 0.2) is 12.1 Å². The van der Waals surface area contributed by atoms with Crippen LogP contribution in [0, 0.1) is 5.41 Å². The third kappa shape index (κ3) is 5.00. The molecule has 37 heavy (non-hydrogen) atoms. The monoisotopic (exact) mass is 510 g/mol. The topological polar surface area (TPSA) is 112 Å². The number of amides is 2. The minimum Gasteiger partial charge on any atom is -0.359 e. The molecule has 3 N–H and O–H groups in total. The smallest absolute Gasteiger partial charge is 0.230 e. The minimum atomic E-state index is -0.544. The van der Waals surface area contributed by atoms with Gasteiger partial charge < -0.3 is 25.8 Å². The average molecular weight is 511 g/mol. The molecule has 2 amide bonds. The molecule has 1 saturated carbocycles. The predicted molar refractivity (Wildman–Crippen MR) is 145 cm³/mol. The molecule has 0 aromatic carbocycles. The molecule has 2 unspecified atom stereocenters. The summed E-state index contributed by atoms with van der Waals surface area (Å²) >= 11 is 0. The first kappa shape index (κ1) is 25.8. The second-order valence-corrected chi connectivity index (χ2v) is 11.3. The quantitative estimate of drug-likeness (QED) is 0.638. The molecule has 2 bridgehead atoms. The van der Waals surface area contributed by atoms with Crippen molar-refractivity contribution in [3.63, 3.8) is 0 Å². The minimum absolute atomic E-state index is 0.0168. The first-order valence-electron chi connectivity index (χ1n) is 14.0. The van der Waals surface area contributed by atoms with Gasteiger partial charge >= 0.3 is 0 Å². The van der Waals surface area contributed by atoms with Crippen LogP contribution >= 0.6 is 0 Å². The summed E-state index contributed by atoms with van der Waals surface area (Å²) in [6.45, 7) is 4.88. The van der Waals surface area contributed by atoms with Crippen molar-refractivity contribution in [2.45, 2.75) is 76.8 Å². The molecule has 1 saturated heterocycles. The van der Waals surface area contributed by atoms with E-state index in [-0.39, 0.29) is 23.9 Å². The fourth-order valence-corrected chi connectivity index (χ4v) is 6.39. The first-order chi connectivity index (χ1) is 17.8. The van der Waals surface area contributed by atoms with Crippen LogP contribution in [0.2, 0.25) is 0 Å². The molecule has 2 aromatic heterocycles. The van der Waals surface area contributed by atoms with E-state index in [1.807, 2.05) is 29.6 Å². The maximum atomic E-state index is 14.1. The van der Waals surface area contributed by atoms with E-state index in [1.165, 1.54) is 0 Å². The maximum Gasteiger partial charge on any atom is 0.230 e. The van der Waals surface area contributed by atoms with Crippen LogP contribution in [-0.4, -0.2) is 77.6 Å². The highest BCUT2D eigenvalue weighted by Crippen LogP contribution is 2.40. The number of carbonyl (C=O) groups is 2. The van der Waals surface area contributed by atoms with E-state index < -0.39 is 5.41 Å². The number of nitrogens with one attached hydrogen (secondary N) is 1. The van der Waals surface area contributed by atoms with Crippen LogP contribution in [0.5, 0.6) is 0 Å². The zero-order chi connectivity index (χ0) is 26.2. The summed E-state index contributed by atoms with van der Waals surface area (Å²) in [6.07, 6.45) is 7.63. The van der Waals surface area contributed by atoms with E-state index in [0.29, 0.717) is 25.9 Å². The Morgan fingerprint density at radius 3 is 2.59 bits per heavy atom. The van der Waals surface area contributed by atoms with Crippen molar-refractivity contribution in [2.75, 3.05) is 50.1 Å². The second-order valence-electron chi connectivity index (χ2n) is 11.3. The van der Waals surface area contributed by atoms with Crippen molar-refractivity contribution in [1.82, 2.24) is 24.8 Å². The Balaban J connectivity index is 1.58.